The van der Waals surface area contributed by atoms with Crippen molar-refractivity contribution in [3.05, 3.63) is 58.5 Å². The smallest absolute Gasteiger partial charge is 0.417 e. The Balaban J connectivity index is 1.50. The molecular weight excluding hydrogens is 500 g/mol. The zero-order valence-electron chi connectivity index (χ0n) is 18.4. The molecular formula is C23H20ClF6N3O2. The Hall–Kier alpha value is -2.95. The number of hydrogen-bond acceptors (Lipinski definition) is 4. The molecule has 2 heterocycles. The van der Waals surface area contributed by atoms with Crippen molar-refractivity contribution in [3.8, 4) is 22.8 Å². The summed E-state index contributed by atoms with van der Waals surface area (Å²) in [4.78, 5) is 11.0. The number of benzene rings is 1. The largest absolute Gasteiger partial charge is 0.493 e. The van der Waals surface area contributed by atoms with Crippen LogP contribution in [0.1, 0.15) is 48.7 Å². The molecule has 5 nitrogen and oxygen atoms in total. The highest BCUT2D eigenvalue weighted by Crippen LogP contribution is 2.42. The van der Waals surface area contributed by atoms with Crippen molar-refractivity contribution < 1.29 is 35.8 Å². The number of methoxy groups -OCH3 is 1. The third-order valence-corrected chi connectivity index (χ3v) is 6.10. The summed E-state index contributed by atoms with van der Waals surface area (Å²) in [7, 11) is 1.38. The van der Waals surface area contributed by atoms with Gasteiger partial charge in [-0.05, 0) is 37.1 Å². The number of pyridine rings is 1. The monoisotopic (exact) mass is 519 g/mol. The second-order valence-corrected chi connectivity index (χ2v) is 8.60. The van der Waals surface area contributed by atoms with Crippen LogP contribution in [0.3, 0.4) is 0 Å². The van der Waals surface area contributed by atoms with E-state index in [9.17, 15) is 26.3 Å². The average Bonchev–Trinajstić information content (AvgIpc) is 3.19. The van der Waals surface area contributed by atoms with Crippen LogP contribution in [0.2, 0.25) is 5.15 Å². The van der Waals surface area contributed by atoms with E-state index in [1.165, 1.54) is 13.2 Å². The first-order valence-corrected chi connectivity index (χ1v) is 11.0. The number of aromatic nitrogens is 3. The maximum Gasteiger partial charge on any atom is 0.417 e. The molecule has 1 aliphatic rings. The molecule has 188 valence electrons. The highest BCUT2D eigenvalue weighted by molar-refractivity contribution is 6.31. The standard InChI is InChI=1S/C23H20ClF6N3O2/c1-34-18-8-13(19-20(24)33-21(32-19)12-4-6-22(26,27)7-5-12)2-3-17(18)35-11-16-15(25)9-14(10-31-16)23(28,29)30/h2-3,8-10,12H,4-7,11H2,1H3,(H,32,33). The molecule has 0 radical (unpaired) electrons. The van der Waals surface area contributed by atoms with Crippen LogP contribution in [0, 0.1) is 5.82 Å². The molecule has 3 aromatic rings. The van der Waals surface area contributed by atoms with Crippen molar-refractivity contribution in [1.29, 1.82) is 0 Å². The first-order valence-electron chi connectivity index (χ1n) is 10.6. The second-order valence-electron chi connectivity index (χ2n) is 8.22. The van der Waals surface area contributed by atoms with Gasteiger partial charge in [0.25, 0.3) is 0 Å². The van der Waals surface area contributed by atoms with E-state index < -0.39 is 30.1 Å². The van der Waals surface area contributed by atoms with Gasteiger partial charge in [-0.15, -0.1) is 0 Å². The lowest BCUT2D eigenvalue weighted by molar-refractivity contribution is -0.138. The van der Waals surface area contributed by atoms with E-state index in [1.807, 2.05) is 0 Å². The highest BCUT2D eigenvalue weighted by Gasteiger charge is 2.36. The number of H-pyrrole nitrogens is 1. The Bertz CT molecular complexity index is 1200. The van der Waals surface area contributed by atoms with Gasteiger partial charge < -0.3 is 14.5 Å². The van der Waals surface area contributed by atoms with E-state index in [0.717, 1.165) is 0 Å². The zero-order valence-corrected chi connectivity index (χ0v) is 19.1. The van der Waals surface area contributed by atoms with Crippen LogP contribution in [0.15, 0.2) is 30.5 Å². The molecule has 1 aromatic carbocycles. The molecule has 0 amide bonds. The molecule has 0 unspecified atom stereocenters. The SMILES string of the molecule is COc1cc(-c2nc(C3CCC(F)(F)CC3)[nH]c2Cl)ccc1OCc1ncc(C(F)(F)F)cc1F. The van der Waals surface area contributed by atoms with Crippen molar-refractivity contribution in [2.45, 2.75) is 50.3 Å². The van der Waals surface area contributed by atoms with Gasteiger partial charge in [-0.3, -0.25) is 4.98 Å². The summed E-state index contributed by atoms with van der Waals surface area (Å²) in [5.74, 6) is -2.99. The van der Waals surface area contributed by atoms with E-state index in [-0.39, 0.29) is 41.1 Å². The molecule has 0 saturated heterocycles. The molecule has 4 rings (SSSR count). The van der Waals surface area contributed by atoms with Gasteiger partial charge >= 0.3 is 6.18 Å². The van der Waals surface area contributed by atoms with Crippen LogP contribution < -0.4 is 9.47 Å². The molecule has 0 aliphatic heterocycles. The van der Waals surface area contributed by atoms with E-state index in [0.29, 0.717) is 42.2 Å². The molecule has 1 aliphatic carbocycles. The number of halogens is 7. The van der Waals surface area contributed by atoms with Gasteiger partial charge in [0.2, 0.25) is 5.92 Å². The fraction of sp³-hybridized carbons (Fsp3) is 0.391. The summed E-state index contributed by atoms with van der Waals surface area (Å²) >= 11 is 6.33. The quantitative estimate of drug-likeness (QED) is 0.351. The third kappa shape index (κ3) is 5.66. The molecule has 2 aromatic heterocycles. The second kappa shape index (κ2) is 9.60. The Morgan fingerprint density at radius 1 is 1.14 bits per heavy atom. The minimum absolute atomic E-state index is 0.156. The summed E-state index contributed by atoms with van der Waals surface area (Å²) in [6, 6.07) is 5.07. The van der Waals surface area contributed by atoms with Crippen molar-refractivity contribution in [2.75, 3.05) is 7.11 Å². The molecule has 1 saturated carbocycles. The number of nitrogens with one attached hydrogen (secondary N) is 1. The summed E-state index contributed by atoms with van der Waals surface area (Å²) in [6.45, 7) is -0.431. The predicted octanol–water partition coefficient (Wildman–Crippen LogP) is 7.16. The first-order chi connectivity index (χ1) is 16.5. The first kappa shape index (κ1) is 25.2. The summed E-state index contributed by atoms with van der Waals surface area (Å²) in [5.41, 5.74) is -0.541. The molecule has 0 atom stereocenters. The fourth-order valence-corrected chi connectivity index (χ4v) is 4.12. The minimum atomic E-state index is -4.71. The van der Waals surface area contributed by atoms with Crippen LogP contribution in [-0.4, -0.2) is 28.0 Å². The number of rotatable bonds is 6. The van der Waals surface area contributed by atoms with Gasteiger partial charge in [0.05, 0.1) is 12.7 Å². The summed E-state index contributed by atoms with van der Waals surface area (Å²) < 4.78 is 89.9. The number of aromatic amines is 1. The van der Waals surface area contributed by atoms with Gasteiger partial charge in [-0.2, -0.15) is 13.2 Å². The lowest BCUT2D eigenvalue weighted by Gasteiger charge is -2.26. The van der Waals surface area contributed by atoms with Crippen molar-refractivity contribution in [1.82, 2.24) is 15.0 Å². The number of alkyl halides is 5. The molecule has 1 N–H and O–H groups in total. The van der Waals surface area contributed by atoms with Crippen LogP contribution in [0.25, 0.3) is 11.3 Å². The van der Waals surface area contributed by atoms with Crippen LogP contribution in [-0.2, 0) is 12.8 Å². The van der Waals surface area contributed by atoms with Crippen molar-refractivity contribution in [2.24, 2.45) is 0 Å². The van der Waals surface area contributed by atoms with Crippen LogP contribution >= 0.6 is 11.6 Å². The Kier molecular flexibility index (Phi) is 6.90. The van der Waals surface area contributed by atoms with E-state index in [2.05, 4.69) is 15.0 Å². The Morgan fingerprint density at radius 3 is 2.49 bits per heavy atom. The minimum Gasteiger partial charge on any atom is -0.493 e. The maximum absolute atomic E-state index is 14.1. The van der Waals surface area contributed by atoms with Crippen molar-refractivity contribution in [3.63, 3.8) is 0 Å². The average molecular weight is 520 g/mol. The Morgan fingerprint density at radius 2 is 1.86 bits per heavy atom. The summed E-state index contributed by atoms with van der Waals surface area (Å²) in [5, 5.41) is 0.240. The van der Waals surface area contributed by atoms with Crippen LogP contribution in [0.5, 0.6) is 11.5 Å². The third-order valence-electron chi connectivity index (χ3n) is 5.83. The number of imidazole rings is 1. The fourth-order valence-electron chi connectivity index (χ4n) is 3.88. The molecule has 0 spiro atoms. The maximum atomic E-state index is 14.1. The van der Waals surface area contributed by atoms with E-state index in [4.69, 9.17) is 21.1 Å². The normalized spacial score (nSPS) is 16.3. The van der Waals surface area contributed by atoms with Gasteiger partial charge in [-0.1, -0.05) is 11.6 Å². The molecule has 35 heavy (non-hydrogen) atoms. The highest BCUT2D eigenvalue weighted by atomic mass is 35.5. The van der Waals surface area contributed by atoms with E-state index in [1.54, 1.807) is 12.1 Å². The van der Waals surface area contributed by atoms with Gasteiger partial charge in [0.15, 0.2) is 11.5 Å². The lowest BCUT2D eigenvalue weighted by atomic mass is 9.86. The molecule has 1 fully saturated rings. The molecule has 12 heteroatoms. The van der Waals surface area contributed by atoms with Gasteiger partial charge in [0.1, 0.15) is 34.8 Å². The van der Waals surface area contributed by atoms with Gasteiger partial charge in [-0.25, -0.2) is 18.2 Å². The topological polar surface area (TPSA) is 60.0 Å². The predicted molar refractivity (Wildman–Crippen MR) is 115 cm³/mol. The molecule has 0 bridgehead atoms. The number of ether oxygens (including phenoxy) is 2. The van der Waals surface area contributed by atoms with Crippen molar-refractivity contribution >= 4 is 11.6 Å². The lowest BCUT2D eigenvalue weighted by Crippen LogP contribution is -2.24. The number of nitrogens with zero attached hydrogens (tertiary/aromatic N) is 2. The van der Waals surface area contributed by atoms with E-state index >= 15 is 0 Å². The Labute approximate surface area is 201 Å². The zero-order chi connectivity index (χ0) is 25.4. The number of hydrogen-bond donors (Lipinski definition) is 1. The van der Waals surface area contributed by atoms with Gasteiger partial charge in [0, 0.05) is 30.5 Å². The summed E-state index contributed by atoms with van der Waals surface area (Å²) in [6.07, 6.45) is -4.00. The van der Waals surface area contributed by atoms with Crippen LogP contribution in [0.4, 0.5) is 26.3 Å².